The van der Waals surface area contributed by atoms with Crippen molar-refractivity contribution in [1.82, 2.24) is 29.8 Å². The highest BCUT2D eigenvalue weighted by molar-refractivity contribution is 5.78. The van der Waals surface area contributed by atoms with E-state index in [1.165, 1.54) is 0 Å². The average molecular weight is 539 g/mol. The highest BCUT2D eigenvalue weighted by Gasteiger charge is 2.35. The molecule has 0 spiro atoms. The van der Waals surface area contributed by atoms with Crippen LogP contribution in [-0.4, -0.2) is 56.7 Å². The van der Waals surface area contributed by atoms with Gasteiger partial charge < -0.3 is 20.9 Å². The third kappa shape index (κ3) is 4.66. The highest BCUT2D eigenvalue weighted by atomic mass is 19.3. The predicted molar refractivity (Wildman–Crippen MR) is 145 cm³/mol. The van der Waals surface area contributed by atoms with Crippen molar-refractivity contribution in [3.63, 3.8) is 0 Å². The monoisotopic (exact) mass is 538 g/mol. The minimum Gasteiger partial charge on any atom is -0.341 e. The lowest BCUT2D eigenvalue weighted by Gasteiger charge is -2.33. The number of benzene rings is 1. The molecule has 0 saturated heterocycles. The molecule has 0 radical (unpaired) electrons. The van der Waals surface area contributed by atoms with Gasteiger partial charge in [0.15, 0.2) is 5.82 Å². The van der Waals surface area contributed by atoms with Crippen LogP contribution < -0.4 is 16.0 Å². The molecule has 3 aromatic rings. The first-order valence-electron chi connectivity index (χ1n) is 13.9. The van der Waals surface area contributed by atoms with Gasteiger partial charge in [-0.3, -0.25) is 9.36 Å². The predicted octanol–water partition coefficient (Wildman–Crippen LogP) is 4.45. The van der Waals surface area contributed by atoms with Gasteiger partial charge in [-0.15, -0.1) is 0 Å². The second-order valence-electron chi connectivity index (χ2n) is 11.0. The van der Waals surface area contributed by atoms with E-state index in [-0.39, 0.29) is 23.7 Å². The first kappa shape index (κ1) is 25.8. The first-order chi connectivity index (χ1) is 18.8. The number of nitrogens with zero attached hydrogens (tertiary/aromatic N) is 6. The van der Waals surface area contributed by atoms with Crippen LogP contribution in [0.5, 0.6) is 0 Å². The van der Waals surface area contributed by atoms with Crippen LogP contribution in [0.3, 0.4) is 0 Å². The fourth-order valence-electron chi connectivity index (χ4n) is 6.48. The number of nitrogens with one attached hydrogen (secondary N) is 1. The van der Waals surface area contributed by atoms with Crippen molar-refractivity contribution < 1.29 is 13.6 Å². The molecule has 0 bridgehead atoms. The summed E-state index contributed by atoms with van der Waals surface area (Å²) in [6.07, 6.45) is 7.02. The van der Waals surface area contributed by atoms with Crippen LogP contribution in [0, 0.1) is 0 Å². The van der Waals surface area contributed by atoms with Gasteiger partial charge in [-0.1, -0.05) is 0 Å². The highest BCUT2D eigenvalue weighted by Crippen LogP contribution is 2.44. The molecule has 2 aromatic heterocycles. The van der Waals surface area contributed by atoms with Crippen molar-refractivity contribution >= 4 is 17.5 Å². The van der Waals surface area contributed by atoms with E-state index in [1.807, 2.05) is 6.07 Å². The van der Waals surface area contributed by atoms with E-state index in [0.717, 1.165) is 66.9 Å². The molecule has 0 unspecified atom stereocenters. The first-order valence-corrected chi connectivity index (χ1v) is 13.9. The number of halogens is 2. The van der Waals surface area contributed by atoms with Gasteiger partial charge >= 0.3 is 6.03 Å². The van der Waals surface area contributed by atoms with Crippen LogP contribution in [0.4, 0.5) is 25.1 Å². The number of anilines is 2. The van der Waals surface area contributed by atoms with Gasteiger partial charge in [0.2, 0.25) is 0 Å². The lowest BCUT2D eigenvalue weighted by Crippen LogP contribution is -2.42. The molecule has 3 aliphatic rings. The van der Waals surface area contributed by atoms with E-state index in [1.54, 1.807) is 42.1 Å². The molecule has 2 aliphatic heterocycles. The summed E-state index contributed by atoms with van der Waals surface area (Å²) < 4.78 is 32.6. The molecule has 1 aliphatic carbocycles. The Morgan fingerprint density at radius 3 is 2.64 bits per heavy atom. The number of nitrogens with two attached hydrogens (primary N) is 1. The Hall–Kier alpha value is -3.47. The summed E-state index contributed by atoms with van der Waals surface area (Å²) in [7, 11) is 3.42. The SMILES string of the molecule is CNC(=O)N1CCc2c(c(N3CCCc4cc(-c5cnn(C)c5)c(C(F)F)cc43)nn2C2CCC(N)CC2)C1. The third-order valence-corrected chi connectivity index (χ3v) is 8.53. The standard InChI is InChI=1S/C28H36F2N8O/c1-32-28(39)36-11-9-24-23(16-36)27(34-38(24)20-7-5-19(31)6-8-20)37-10-3-4-17-12-21(18-14-33-35(2)15-18)22(26(29)30)13-25(17)37/h12-15,19-20,26H,3-11,16,31H2,1-2H3,(H,32,39). The lowest BCUT2D eigenvalue weighted by molar-refractivity contribution is 0.152. The number of aryl methyl sites for hydroxylation is 2. The van der Waals surface area contributed by atoms with Crippen molar-refractivity contribution in [2.45, 2.75) is 70.0 Å². The van der Waals surface area contributed by atoms with E-state index in [0.29, 0.717) is 37.2 Å². The quantitative estimate of drug-likeness (QED) is 0.512. The number of aromatic nitrogens is 4. The van der Waals surface area contributed by atoms with Gasteiger partial charge in [0.1, 0.15) is 0 Å². The molecular formula is C28H36F2N8O. The van der Waals surface area contributed by atoms with Crippen LogP contribution in [0.15, 0.2) is 24.5 Å². The van der Waals surface area contributed by atoms with Crippen molar-refractivity contribution in [2.75, 3.05) is 25.0 Å². The van der Waals surface area contributed by atoms with Gasteiger partial charge in [0.25, 0.3) is 6.43 Å². The fraction of sp³-hybridized carbons (Fsp3) is 0.536. The van der Waals surface area contributed by atoms with Crippen LogP contribution >= 0.6 is 0 Å². The van der Waals surface area contributed by atoms with Gasteiger partial charge in [-0.05, 0) is 61.8 Å². The Kier molecular flexibility index (Phi) is 6.78. The summed E-state index contributed by atoms with van der Waals surface area (Å²) in [6.45, 7) is 1.74. The second kappa shape index (κ2) is 10.3. The Labute approximate surface area is 226 Å². The number of carbonyl (C=O) groups is 1. The summed E-state index contributed by atoms with van der Waals surface area (Å²) >= 11 is 0. The van der Waals surface area contributed by atoms with E-state index < -0.39 is 6.43 Å². The Morgan fingerprint density at radius 2 is 1.95 bits per heavy atom. The van der Waals surface area contributed by atoms with E-state index in [2.05, 4.69) is 20.0 Å². The number of fused-ring (bicyclic) bond motifs is 2. The Bertz CT molecular complexity index is 1370. The number of amides is 2. The van der Waals surface area contributed by atoms with Crippen molar-refractivity contribution in [3.05, 3.63) is 46.9 Å². The van der Waals surface area contributed by atoms with Crippen molar-refractivity contribution in [2.24, 2.45) is 12.8 Å². The smallest absolute Gasteiger partial charge is 0.317 e. The van der Waals surface area contributed by atoms with Crippen molar-refractivity contribution in [1.29, 1.82) is 0 Å². The number of urea groups is 1. The minimum absolute atomic E-state index is 0.00444. The molecule has 1 fully saturated rings. The lowest BCUT2D eigenvalue weighted by atomic mass is 9.91. The van der Waals surface area contributed by atoms with Crippen LogP contribution in [0.2, 0.25) is 0 Å². The van der Waals surface area contributed by atoms with Gasteiger partial charge in [-0.2, -0.15) is 10.2 Å². The maximum Gasteiger partial charge on any atom is 0.317 e. The number of rotatable bonds is 4. The fourth-order valence-corrected chi connectivity index (χ4v) is 6.48. The molecule has 39 heavy (non-hydrogen) atoms. The zero-order valence-electron chi connectivity index (χ0n) is 22.5. The molecule has 1 saturated carbocycles. The minimum atomic E-state index is -2.63. The van der Waals surface area contributed by atoms with Gasteiger partial charge in [0.05, 0.1) is 18.8 Å². The summed E-state index contributed by atoms with van der Waals surface area (Å²) in [6, 6.07) is 3.91. The van der Waals surface area contributed by atoms with E-state index in [9.17, 15) is 13.6 Å². The Morgan fingerprint density at radius 1 is 1.15 bits per heavy atom. The molecule has 9 nitrogen and oxygen atoms in total. The number of alkyl halides is 2. The summed E-state index contributed by atoms with van der Waals surface area (Å²) in [5.74, 6) is 0.781. The van der Waals surface area contributed by atoms with Gasteiger partial charge in [0, 0.05) is 73.9 Å². The molecule has 3 N–H and O–H groups in total. The Balaban J connectivity index is 1.45. The van der Waals surface area contributed by atoms with Crippen LogP contribution in [0.25, 0.3) is 11.1 Å². The average Bonchev–Trinajstić information content (AvgIpc) is 3.55. The van der Waals surface area contributed by atoms with Gasteiger partial charge in [-0.25, -0.2) is 13.6 Å². The van der Waals surface area contributed by atoms with Crippen LogP contribution in [-0.2, 0) is 26.4 Å². The molecular weight excluding hydrogens is 502 g/mol. The summed E-state index contributed by atoms with van der Waals surface area (Å²) in [4.78, 5) is 16.5. The molecule has 208 valence electrons. The third-order valence-electron chi connectivity index (χ3n) is 8.53. The number of carbonyl (C=O) groups excluding carboxylic acids is 1. The molecule has 4 heterocycles. The molecule has 1 aromatic carbocycles. The van der Waals surface area contributed by atoms with E-state index in [4.69, 9.17) is 10.8 Å². The summed E-state index contributed by atoms with van der Waals surface area (Å²) in [5.41, 5.74) is 11.4. The number of hydrogen-bond acceptors (Lipinski definition) is 5. The molecule has 2 amide bonds. The summed E-state index contributed by atoms with van der Waals surface area (Å²) in [5, 5.41) is 12.1. The normalized spacial score (nSPS) is 21.2. The molecule has 11 heteroatoms. The van der Waals surface area contributed by atoms with Crippen LogP contribution in [0.1, 0.15) is 67.0 Å². The maximum absolute atomic E-state index is 14.4. The zero-order chi connectivity index (χ0) is 27.3. The largest absolute Gasteiger partial charge is 0.341 e. The van der Waals surface area contributed by atoms with Crippen molar-refractivity contribution in [3.8, 4) is 11.1 Å². The number of hydrogen-bond donors (Lipinski definition) is 2. The van der Waals surface area contributed by atoms with E-state index >= 15 is 0 Å². The zero-order valence-corrected chi connectivity index (χ0v) is 22.5. The molecule has 0 atom stereocenters. The molecule has 6 rings (SSSR count). The second-order valence-corrected chi connectivity index (χ2v) is 11.0. The topological polar surface area (TPSA) is 97.2 Å². The maximum atomic E-state index is 14.4.